The summed E-state index contributed by atoms with van der Waals surface area (Å²) in [5, 5.41) is 20.1. The minimum absolute atomic E-state index is 0.130. The molecule has 1 amide bonds. The van der Waals surface area contributed by atoms with Gasteiger partial charge in [-0.3, -0.25) is 4.79 Å². The summed E-state index contributed by atoms with van der Waals surface area (Å²) in [6.45, 7) is 6.92. The van der Waals surface area contributed by atoms with Crippen LogP contribution in [0.15, 0.2) is 0 Å². The Morgan fingerprint density at radius 3 is 2.15 bits per heavy atom. The van der Waals surface area contributed by atoms with Crippen LogP contribution in [0.1, 0.15) is 47.0 Å². The molecule has 0 aromatic heterocycles. The van der Waals surface area contributed by atoms with Crippen molar-refractivity contribution in [1.82, 2.24) is 5.32 Å². The van der Waals surface area contributed by atoms with E-state index in [1.54, 1.807) is 6.92 Å². The lowest BCUT2D eigenvalue weighted by atomic mass is 10.0. The molecule has 0 radical (unpaired) electrons. The average Bonchev–Trinajstić information content (AvgIpc) is 2.85. The highest BCUT2D eigenvalue weighted by molar-refractivity contribution is 5.83. The first-order valence-electron chi connectivity index (χ1n) is 6.89. The largest absolute Gasteiger partial charge is 0.394 e. The van der Waals surface area contributed by atoms with Gasteiger partial charge in [-0.05, 0) is 40.0 Å². The molecule has 6 nitrogen and oxygen atoms in total. The maximum atomic E-state index is 10.7. The monoisotopic (exact) mass is 291 g/mol. The number of aliphatic hydroxyl groups is 2. The molecule has 20 heavy (non-hydrogen) atoms. The second-order valence-corrected chi connectivity index (χ2v) is 4.77. The molecule has 0 spiro atoms. The lowest BCUT2D eigenvalue weighted by Gasteiger charge is -2.17. The van der Waals surface area contributed by atoms with Crippen LogP contribution in [-0.4, -0.2) is 53.9 Å². The molecule has 3 atom stereocenters. The first-order valence-corrected chi connectivity index (χ1v) is 6.89. The third-order valence-electron chi connectivity index (χ3n) is 2.93. The van der Waals surface area contributed by atoms with Crippen LogP contribution in [0.3, 0.4) is 0 Å². The number of nitrogens with one attached hydrogen (secondary N) is 1. The number of amides is 1. The van der Waals surface area contributed by atoms with Gasteiger partial charge in [0, 0.05) is 7.05 Å². The Kier molecular flexibility index (Phi) is 12.6. The molecule has 0 saturated carbocycles. The van der Waals surface area contributed by atoms with Crippen molar-refractivity contribution in [1.29, 1.82) is 0 Å². The first-order chi connectivity index (χ1) is 9.28. The molecule has 120 valence electrons. The highest BCUT2D eigenvalue weighted by Gasteiger charge is 2.25. The summed E-state index contributed by atoms with van der Waals surface area (Å²) in [5.74, 6) is -0.329. The zero-order chi connectivity index (χ0) is 16.2. The predicted molar refractivity (Wildman–Crippen MR) is 77.4 cm³/mol. The highest BCUT2D eigenvalue weighted by atomic mass is 16.5. The average molecular weight is 291 g/mol. The van der Waals surface area contributed by atoms with E-state index in [4.69, 9.17) is 14.6 Å². The molecule has 1 heterocycles. The third kappa shape index (κ3) is 9.89. The van der Waals surface area contributed by atoms with Gasteiger partial charge in [-0.2, -0.15) is 0 Å². The molecule has 0 aromatic rings. The van der Waals surface area contributed by atoms with Crippen LogP contribution < -0.4 is 5.32 Å². The van der Waals surface area contributed by atoms with E-state index >= 15 is 0 Å². The number of carbonyl (C=O) groups is 2. The number of carbonyl (C=O) groups excluding carboxylic acids is 2. The molecular formula is C14H29NO5. The lowest BCUT2D eigenvalue weighted by molar-refractivity contribution is -0.137. The fraction of sp³-hybridized carbons (Fsp3) is 0.857. The van der Waals surface area contributed by atoms with Crippen LogP contribution in [-0.2, 0) is 14.3 Å². The van der Waals surface area contributed by atoms with Crippen molar-refractivity contribution < 1.29 is 24.5 Å². The molecule has 6 heteroatoms. The van der Waals surface area contributed by atoms with Gasteiger partial charge >= 0.3 is 0 Å². The fourth-order valence-electron chi connectivity index (χ4n) is 1.45. The summed E-state index contributed by atoms with van der Waals surface area (Å²) in [6.07, 6.45) is 3.81. The van der Waals surface area contributed by atoms with E-state index in [1.165, 1.54) is 20.9 Å². The van der Waals surface area contributed by atoms with Crippen molar-refractivity contribution >= 4 is 12.2 Å². The van der Waals surface area contributed by atoms with Crippen LogP contribution in [0.4, 0.5) is 0 Å². The second-order valence-electron chi connectivity index (χ2n) is 4.77. The van der Waals surface area contributed by atoms with E-state index in [0.717, 1.165) is 19.1 Å². The predicted octanol–water partition coefficient (Wildman–Crippen LogP) is 0.645. The van der Waals surface area contributed by atoms with E-state index in [2.05, 4.69) is 5.32 Å². The molecular weight excluding hydrogens is 262 g/mol. The quantitative estimate of drug-likeness (QED) is 0.663. The Balaban J connectivity index is 0. The summed E-state index contributed by atoms with van der Waals surface area (Å²) >= 11 is 0. The number of aliphatic hydroxyl groups excluding tert-OH is 1. The van der Waals surface area contributed by atoms with Gasteiger partial charge in [-0.15, -0.1) is 0 Å². The number of ether oxygens (including phenoxy) is 1. The van der Waals surface area contributed by atoms with E-state index in [0.29, 0.717) is 12.5 Å². The Hall–Kier alpha value is -0.980. The SMILES string of the molecule is CC1CCC(CO)O1.CC=O.CCC(C)(O)C(=O)NC. The zero-order valence-electron chi connectivity index (χ0n) is 13.2. The molecule has 1 saturated heterocycles. The number of aldehydes is 1. The van der Waals surface area contributed by atoms with Gasteiger partial charge in [0.2, 0.25) is 0 Å². The number of hydrogen-bond acceptors (Lipinski definition) is 5. The Labute approximate surface area is 121 Å². The van der Waals surface area contributed by atoms with Gasteiger partial charge in [0.25, 0.3) is 5.91 Å². The molecule has 1 aliphatic heterocycles. The number of likely N-dealkylation sites (N-methyl/N-ethyl adjacent to an activating group) is 1. The summed E-state index contributed by atoms with van der Waals surface area (Å²) in [4.78, 5) is 19.5. The van der Waals surface area contributed by atoms with Gasteiger partial charge < -0.3 is 25.1 Å². The third-order valence-corrected chi connectivity index (χ3v) is 2.93. The van der Waals surface area contributed by atoms with Crippen molar-refractivity contribution in [2.45, 2.75) is 64.8 Å². The summed E-state index contributed by atoms with van der Waals surface area (Å²) in [6, 6.07) is 0. The molecule has 3 N–H and O–H groups in total. The van der Waals surface area contributed by atoms with Crippen molar-refractivity contribution in [2.75, 3.05) is 13.7 Å². The van der Waals surface area contributed by atoms with Gasteiger partial charge in [0.15, 0.2) is 0 Å². The van der Waals surface area contributed by atoms with Gasteiger partial charge in [0.1, 0.15) is 11.9 Å². The van der Waals surface area contributed by atoms with Crippen molar-refractivity contribution in [3.05, 3.63) is 0 Å². The molecule has 0 bridgehead atoms. The van der Waals surface area contributed by atoms with Gasteiger partial charge in [-0.25, -0.2) is 0 Å². The van der Waals surface area contributed by atoms with Crippen LogP contribution in [0.5, 0.6) is 0 Å². The van der Waals surface area contributed by atoms with Crippen LogP contribution in [0.25, 0.3) is 0 Å². The molecule has 0 aromatic carbocycles. The minimum atomic E-state index is -1.20. The Bertz CT molecular complexity index is 268. The Morgan fingerprint density at radius 2 is 2.00 bits per heavy atom. The molecule has 3 unspecified atom stereocenters. The Morgan fingerprint density at radius 1 is 1.50 bits per heavy atom. The molecule has 1 fully saturated rings. The second kappa shape index (κ2) is 11.8. The number of rotatable bonds is 3. The summed E-state index contributed by atoms with van der Waals surface area (Å²) < 4.78 is 5.26. The lowest BCUT2D eigenvalue weighted by Crippen LogP contribution is -2.42. The highest BCUT2D eigenvalue weighted by Crippen LogP contribution is 2.17. The topological polar surface area (TPSA) is 95.9 Å². The summed E-state index contributed by atoms with van der Waals surface area (Å²) in [7, 11) is 1.51. The summed E-state index contributed by atoms with van der Waals surface area (Å²) in [5.41, 5.74) is -1.20. The van der Waals surface area contributed by atoms with Crippen molar-refractivity contribution in [3.8, 4) is 0 Å². The van der Waals surface area contributed by atoms with E-state index in [-0.39, 0.29) is 18.6 Å². The van der Waals surface area contributed by atoms with Crippen LogP contribution in [0, 0.1) is 0 Å². The number of hydrogen-bond donors (Lipinski definition) is 3. The van der Waals surface area contributed by atoms with Gasteiger partial charge in [-0.1, -0.05) is 6.92 Å². The smallest absolute Gasteiger partial charge is 0.251 e. The van der Waals surface area contributed by atoms with E-state index < -0.39 is 5.60 Å². The van der Waals surface area contributed by atoms with E-state index in [9.17, 15) is 9.90 Å². The van der Waals surface area contributed by atoms with E-state index in [1.807, 2.05) is 6.92 Å². The molecule has 0 aliphatic carbocycles. The van der Waals surface area contributed by atoms with Crippen molar-refractivity contribution in [3.63, 3.8) is 0 Å². The normalized spacial score (nSPS) is 23.4. The zero-order valence-corrected chi connectivity index (χ0v) is 13.2. The molecule has 1 aliphatic rings. The van der Waals surface area contributed by atoms with Crippen LogP contribution >= 0.6 is 0 Å². The fourth-order valence-corrected chi connectivity index (χ4v) is 1.45. The van der Waals surface area contributed by atoms with Crippen molar-refractivity contribution in [2.24, 2.45) is 0 Å². The standard InChI is InChI=1S/C6H13NO2.C6H12O2.C2H4O/c1-4-6(2,9)5(8)7-3;1-5-2-3-6(4-7)8-5;1-2-3/h9H,4H2,1-3H3,(H,7,8);5-7H,2-4H2,1H3;2H,1H3. The minimum Gasteiger partial charge on any atom is -0.394 e. The molecule has 1 rings (SSSR count). The maximum absolute atomic E-state index is 10.7. The van der Waals surface area contributed by atoms with Gasteiger partial charge in [0.05, 0.1) is 18.8 Å². The first kappa shape index (κ1) is 21.3. The maximum Gasteiger partial charge on any atom is 0.251 e. The van der Waals surface area contributed by atoms with Crippen LogP contribution in [0.2, 0.25) is 0 Å².